The maximum Gasteiger partial charge on any atom is 0.374 e. The zero-order chi connectivity index (χ0) is 13.7. The lowest BCUT2D eigenvalue weighted by molar-refractivity contribution is -0.141. The van der Waals surface area contributed by atoms with Gasteiger partial charge in [0.05, 0.1) is 6.61 Å². The number of hydrogen-bond donors (Lipinski definition) is 1. The van der Waals surface area contributed by atoms with Crippen LogP contribution in [-0.4, -0.2) is 17.7 Å². The minimum Gasteiger partial charge on any atom is -0.501 e. The Morgan fingerprint density at radius 3 is 2.67 bits per heavy atom. The Balaban J connectivity index is 3.34. The molecule has 18 heavy (non-hydrogen) atoms. The minimum absolute atomic E-state index is 0.0605. The zero-order valence-electron chi connectivity index (χ0n) is 10.7. The number of benzene rings is 1. The zero-order valence-corrected chi connectivity index (χ0v) is 10.7. The molecule has 0 saturated carbocycles. The number of nitrogens with zero attached hydrogens (tertiary/aromatic N) is 1. The van der Waals surface area contributed by atoms with E-state index in [9.17, 15) is 9.90 Å². The molecule has 0 amide bonds. The van der Waals surface area contributed by atoms with Gasteiger partial charge in [0, 0.05) is 0 Å². The first-order valence-electron chi connectivity index (χ1n) is 5.60. The van der Waals surface area contributed by atoms with Crippen molar-refractivity contribution in [3.8, 4) is 6.07 Å². The van der Waals surface area contributed by atoms with E-state index >= 15 is 0 Å². The molecule has 0 unspecified atom stereocenters. The van der Waals surface area contributed by atoms with Crippen molar-refractivity contribution in [2.24, 2.45) is 0 Å². The van der Waals surface area contributed by atoms with Crippen molar-refractivity contribution in [2.45, 2.75) is 20.8 Å². The summed E-state index contributed by atoms with van der Waals surface area (Å²) < 4.78 is 4.68. The van der Waals surface area contributed by atoms with E-state index in [0.29, 0.717) is 5.56 Å². The quantitative estimate of drug-likeness (QED) is 0.384. The second-order valence-electron chi connectivity index (χ2n) is 3.80. The summed E-state index contributed by atoms with van der Waals surface area (Å²) in [5.41, 5.74) is 2.32. The van der Waals surface area contributed by atoms with Crippen LogP contribution in [0.2, 0.25) is 0 Å². The van der Waals surface area contributed by atoms with E-state index in [1.165, 1.54) is 0 Å². The van der Waals surface area contributed by atoms with Crippen LogP contribution in [-0.2, 0) is 9.53 Å². The fourth-order valence-corrected chi connectivity index (χ4v) is 1.56. The molecule has 1 aromatic carbocycles. The van der Waals surface area contributed by atoms with Gasteiger partial charge in [0.15, 0.2) is 0 Å². The number of nitriles is 1. The first kappa shape index (κ1) is 13.8. The van der Waals surface area contributed by atoms with Gasteiger partial charge in [-0.05, 0) is 37.5 Å². The summed E-state index contributed by atoms with van der Waals surface area (Å²) in [4.78, 5) is 11.4. The summed E-state index contributed by atoms with van der Waals surface area (Å²) in [6.07, 6.45) is 0. The molecule has 0 aliphatic carbocycles. The van der Waals surface area contributed by atoms with Crippen molar-refractivity contribution < 1.29 is 14.6 Å². The summed E-state index contributed by atoms with van der Waals surface area (Å²) >= 11 is 0. The topological polar surface area (TPSA) is 70.3 Å². The molecule has 1 rings (SSSR count). The highest BCUT2D eigenvalue weighted by atomic mass is 16.5. The van der Waals surface area contributed by atoms with Crippen LogP contribution in [0.4, 0.5) is 0 Å². The molecule has 0 heterocycles. The van der Waals surface area contributed by atoms with Crippen LogP contribution in [0.25, 0.3) is 5.57 Å². The van der Waals surface area contributed by atoms with Crippen LogP contribution in [0, 0.1) is 25.2 Å². The Morgan fingerprint density at radius 1 is 1.44 bits per heavy atom. The van der Waals surface area contributed by atoms with Gasteiger partial charge in [-0.3, -0.25) is 0 Å². The molecule has 0 fully saturated rings. The summed E-state index contributed by atoms with van der Waals surface area (Å²) in [7, 11) is 0. The monoisotopic (exact) mass is 245 g/mol. The van der Waals surface area contributed by atoms with Crippen LogP contribution in [0.5, 0.6) is 0 Å². The van der Waals surface area contributed by atoms with Gasteiger partial charge in [-0.1, -0.05) is 18.2 Å². The van der Waals surface area contributed by atoms with E-state index in [1.807, 2.05) is 26.0 Å². The van der Waals surface area contributed by atoms with Crippen molar-refractivity contribution in [1.82, 2.24) is 0 Å². The Kier molecular flexibility index (Phi) is 4.50. The van der Waals surface area contributed by atoms with Crippen LogP contribution >= 0.6 is 0 Å². The van der Waals surface area contributed by atoms with E-state index in [0.717, 1.165) is 11.1 Å². The lowest BCUT2D eigenvalue weighted by Crippen LogP contribution is -2.09. The molecule has 0 radical (unpaired) electrons. The molecule has 0 saturated heterocycles. The van der Waals surface area contributed by atoms with Crippen molar-refractivity contribution in [1.29, 1.82) is 5.26 Å². The Labute approximate surface area is 106 Å². The number of carbonyl (C=O) groups excluding carboxylic acids is 1. The number of ether oxygens (including phenoxy) is 1. The number of carbonyl (C=O) groups is 1. The van der Waals surface area contributed by atoms with Gasteiger partial charge in [0.2, 0.25) is 5.76 Å². The molecule has 0 aliphatic heterocycles. The van der Waals surface area contributed by atoms with E-state index in [-0.39, 0.29) is 12.2 Å². The third-order valence-corrected chi connectivity index (χ3v) is 2.69. The average molecular weight is 245 g/mol. The summed E-state index contributed by atoms with van der Waals surface area (Å²) in [5, 5.41) is 18.9. The van der Waals surface area contributed by atoms with Crippen molar-refractivity contribution >= 4 is 11.5 Å². The molecule has 0 atom stereocenters. The molecule has 4 nitrogen and oxygen atoms in total. The predicted molar refractivity (Wildman–Crippen MR) is 67.7 cm³/mol. The number of aliphatic hydroxyl groups excluding tert-OH is 1. The largest absolute Gasteiger partial charge is 0.501 e. The molecule has 0 spiro atoms. The summed E-state index contributed by atoms with van der Waals surface area (Å²) in [6.45, 7) is 5.51. The molecule has 94 valence electrons. The molecule has 4 heteroatoms. The lowest BCUT2D eigenvalue weighted by Gasteiger charge is -2.09. The van der Waals surface area contributed by atoms with Crippen molar-refractivity contribution in [2.75, 3.05) is 6.61 Å². The number of hydrogen-bond acceptors (Lipinski definition) is 4. The highest BCUT2D eigenvalue weighted by molar-refractivity contribution is 5.99. The van der Waals surface area contributed by atoms with Crippen molar-refractivity contribution in [3.63, 3.8) is 0 Å². The van der Waals surface area contributed by atoms with E-state index in [2.05, 4.69) is 4.74 Å². The predicted octanol–water partition coefficient (Wildman–Crippen LogP) is 2.66. The maximum absolute atomic E-state index is 11.4. The SMILES string of the molecule is CCOC(=O)C(O)=C(C#N)c1cccc(C)c1C. The fraction of sp³-hybridized carbons (Fsp3) is 0.286. The third kappa shape index (κ3) is 2.69. The summed E-state index contributed by atoms with van der Waals surface area (Å²) in [6, 6.07) is 7.21. The normalized spacial score (nSPS) is 11.4. The first-order chi connectivity index (χ1) is 8.52. The Bertz CT molecular complexity index is 538. The molecule has 0 bridgehead atoms. The van der Waals surface area contributed by atoms with Crippen LogP contribution < -0.4 is 0 Å². The number of allylic oxidation sites excluding steroid dienone is 1. The number of aliphatic hydroxyl groups is 1. The number of aryl methyl sites for hydroxylation is 1. The number of esters is 1. The van der Waals surface area contributed by atoms with E-state index in [1.54, 1.807) is 19.1 Å². The van der Waals surface area contributed by atoms with Gasteiger partial charge in [-0.25, -0.2) is 4.79 Å². The van der Waals surface area contributed by atoms with Gasteiger partial charge in [-0.2, -0.15) is 5.26 Å². The highest BCUT2D eigenvalue weighted by Crippen LogP contribution is 2.23. The highest BCUT2D eigenvalue weighted by Gasteiger charge is 2.18. The van der Waals surface area contributed by atoms with Gasteiger partial charge < -0.3 is 9.84 Å². The van der Waals surface area contributed by atoms with Gasteiger partial charge >= 0.3 is 5.97 Å². The molecular weight excluding hydrogens is 230 g/mol. The van der Waals surface area contributed by atoms with Gasteiger partial charge in [0.1, 0.15) is 11.6 Å². The molecule has 0 aliphatic rings. The van der Waals surface area contributed by atoms with Gasteiger partial charge in [-0.15, -0.1) is 0 Å². The number of rotatable bonds is 3. The molecule has 1 N–H and O–H groups in total. The lowest BCUT2D eigenvalue weighted by atomic mass is 9.97. The molecular formula is C14H15NO3. The fourth-order valence-electron chi connectivity index (χ4n) is 1.56. The van der Waals surface area contributed by atoms with E-state index < -0.39 is 11.7 Å². The first-order valence-corrected chi connectivity index (χ1v) is 5.60. The average Bonchev–Trinajstić information content (AvgIpc) is 2.35. The standard InChI is InChI=1S/C14H15NO3/c1-4-18-14(17)13(16)12(8-15)11-7-5-6-9(2)10(11)3/h5-7,16H,4H2,1-3H3. The van der Waals surface area contributed by atoms with Crippen LogP contribution in [0.1, 0.15) is 23.6 Å². The Hall–Kier alpha value is -2.28. The Morgan fingerprint density at radius 2 is 2.11 bits per heavy atom. The summed E-state index contributed by atoms with van der Waals surface area (Å²) in [5.74, 6) is -1.52. The smallest absolute Gasteiger partial charge is 0.374 e. The van der Waals surface area contributed by atoms with Gasteiger partial charge in [0.25, 0.3) is 0 Å². The minimum atomic E-state index is -0.880. The van der Waals surface area contributed by atoms with Crippen molar-refractivity contribution in [3.05, 3.63) is 40.6 Å². The second kappa shape index (κ2) is 5.87. The molecule has 1 aromatic rings. The second-order valence-corrected chi connectivity index (χ2v) is 3.80. The molecule has 0 aromatic heterocycles. The maximum atomic E-state index is 11.4. The van der Waals surface area contributed by atoms with E-state index in [4.69, 9.17) is 5.26 Å². The third-order valence-electron chi connectivity index (χ3n) is 2.69. The van der Waals surface area contributed by atoms with Crippen LogP contribution in [0.15, 0.2) is 24.0 Å². The van der Waals surface area contributed by atoms with Crippen LogP contribution in [0.3, 0.4) is 0 Å².